The average Bonchev–Trinajstić information content (AvgIpc) is 2.76. The van der Waals surface area contributed by atoms with Crippen molar-refractivity contribution in [2.75, 3.05) is 13.6 Å². The molecule has 0 aromatic heterocycles. The highest BCUT2D eigenvalue weighted by Crippen LogP contribution is 2.23. The van der Waals surface area contributed by atoms with Gasteiger partial charge in [0.1, 0.15) is 6.10 Å². The maximum absolute atomic E-state index is 8.88. The minimum atomic E-state index is -0.593. The second-order valence-electron chi connectivity index (χ2n) is 3.25. The van der Waals surface area contributed by atoms with Gasteiger partial charge in [-0.15, -0.1) is 0 Å². The first-order valence-electron chi connectivity index (χ1n) is 4.49. The van der Waals surface area contributed by atoms with Crippen LogP contribution in [0, 0.1) is 0 Å². The van der Waals surface area contributed by atoms with Crippen molar-refractivity contribution in [2.24, 2.45) is 5.73 Å². The first-order chi connectivity index (χ1) is 5.75. The molecule has 72 valence electrons. The van der Waals surface area contributed by atoms with Crippen molar-refractivity contribution in [2.45, 2.75) is 37.7 Å². The second kappa shape index (κ2) is 4.77. The van der Waals surface area contributed by atoms with Crippen LogP contribution in [0.4, 0.5) is 0 Å². The lowest BCUT2D eigenvalue weighted by Gasteiger charge is -2.06. The number of aliphatic hydroxyl groups is 1. The molecule has 0 saturated carbocycles. The van der Waals surface area contributed by atoms with Crippen LogP contribution in [-0.4, -0.2) is 37.1 Å². The van der Waals surface area contributed by atoms with Gasteiger partial charge in [-0.05, 0) is 26.4 Å². The smallest absolute Gasteiger partial charge is 0.183 e. The van der Waals surface area contributed by atoms with Crippen LogP contribution < -0.4 is 11.1 Å². The predicted molar refractivity (Wildman–Crippen MR) is 46.6 cm³/mol. The van der Waals surface area contributed by atoms with E-state index in [4.69, 9.17) is 15.6 Å². The van der Waals surface area contributed by atoms with E-state index < -0.39 is 6.29 Å². The first-order valence-corrected chi connectivity index (χ1v) is 4.49. The molecule has 2 unspecified atom stereocenters. The topological polar surface area (TPSA) is 70.8 Å². The number of nitrogens with two attached hydrogens (primary N) is 1. The summed E-state index contributed by atoms with van der Waals surface area (Å²) in [5.41, 5.74) is 5.75. The number of epoxide rings is 1. The van der Waals surface area contributed by atoms with Gasteiger partial charge in [0.25, 0.3) is 0 Å². The molecule has 0 aromatic rings. The summed E-state index contributed by atoms with van der Waals surface area (Å²) in [5.74, 6) is 0. The van der Waals surface area contributed by atoms with Crippen LogP contribution in [0.3, 0.4) is 0 Å². The lowest BCUT2D eigenvalue weighted by Crippen LogP contribution is -2.28. The number of nitrogens with one attached hydrogen (secondary N) is 1. The van der Waals surface area contributed by atoms with E-state index in [1.165, 1.54) is 0 Å². The third kappa shape index (κ3) is 3.06. The number of aliphatic hydroxyl groups excluding tert-OH is 1. The van der Waals surface area contributed by atoms with Gasteiger partial charge in [-0.1, -0.05) is 6.42 Å². The van der Waals surface area contributed by atoms with E-state index in [1.807, 2.05) is 7.05 Å². The van der Waals surface area contributed by atoms with Gasteiger partial charge < -0.3 is 20.9 Å². The summed E-state index contributed by atoms with van der Waals surface area (Å²) >= 11 is 0. The summed E-state index contributed by atoms with van der Waals surface area (Å²) in [4.78, 5) is 0. The minimum absolute atomic E-state index is 0.0110. The van der Waals surface area contributed by atoms with Crippen LogP contribution in [0.1, 0.15) is 19.3 Å². The Hall–Kier alpha value is -0.160. The molecule has 4 N–H and O–H groups in total. The summed E-state index contributed by atoms with van der Waals surface area (Å²) in [6.07, 6.45) is 2.47. The van der Waals surface area contributed by atoms with Gasteiger partial charge in [-0.3, -0.25) is 0 Å². The Morgan fingerprint density at radius 1 is 1.58 bits per heavy atom. The summed E-state index contributed by atoms with van der Waals surface area (Å²) in [6.45, 7) is 1.03. The molecule has 12 heavy (non-hydrogen) atoms. The fourth-order valence-corrected chi connectivity index (χ4v) is 1.27. The van der Waals surface area contributed by atoms with Crippen molar-refractivity contribution in [1.82, 2.24) is 5.32 Å². The molecule has 0 aliphatic carbocycles. The summed E-state index contributed by atoms with van der Waals surface area (Å²) < 4.78 is 4.85. The molecule has 0 aromatic carbocycles. The van der Waals surface area contributed by atoms with E-state index in [2.05, 4.69) is 5.32 Å². The Morgan fingerprint density at radius 3 is 2.75 bits per heavy atom. The van der Waals surface area contributed by atoms with E-state index in [0.717, 1.165) is 25.8 Å². The number of ether oxygens (including phenoxy) is 1. The highest BCUT2D eigenvalue weighted by Gasteiger charge is 2.41. The molecule has 1 saturated heterocycles. The summed E-state index contributed by atoms with van der Waals surface area (Å²) in [6, 6.07) is 0.0110. The molecular weight excluding hydrogens is 156 g/mol. The molecule has 1 aliphatic heterocycles. The zero-order chi connectivity index (χ0) is 8.97. The van der Waals surface area contributed by atoms with Crippen LogP contribution >= 0.6 is 0 Å². The monoisotopic (exact) mass is 174 g/mol. The molecule has 0 amide bonds. The van der Waals surface area contributed by atoms with Gasteiger partial charge in [0, 0.05) is 6.04 Å². The molecule has 1 aliphatic rings. The zero-order valence-corrected chi connectivity index (χ0v) is 7.49. The van der Waals surface area contributed by atoms with Gasteiger partial charge in [-0.2, -0.15) is 0 Å². The molecule has 1 fully saturated rings. The van der Waals surface area contributed by atoms with Crippen LogP contribution in [0.25, 0.3) is 0 Å². The predicted octanol–water partition coefficient (Wildman–Crippen LogP) is -0.579. The van der Waals surface area contributed by atoms with Gasteiger partial charge in [-0.25, -0.2) is 0 Å². The van der Waals surface area contributed by atoms with Gasteiger partial charge in [0.15, 0.2) is 6.29 Å². The molecule has 0 spiro atoms. The quantitative estimate of drug-likeness (QED) is 0.372. The molecule has 0 radical (unpaired) electrons. The molecule has 3 atom stereocenters. The highest BCUT2D eigenvalue weighted by atomic mass is 16.7. The number of hydrogen-bond acceptors (Lipinski definition) is 4. The third-order valence-corrected chi connectivity index (χ3v) is 2.14. The molecular formula is C8H18N2O2. The van der Waals surface area contributed by atoms with Crippen molar-refractivity contribution in [3.8, 4) is 0 Å². The van der Waals surface area contributed by atoms with Crippen LogP contribution in [0.2, 0.25) is 0 Å². The lowest BCUT2D eigenvalue weighted by molar-refractivity contribution is 0.155. The van der Waals surface area contributed by atoms with Crippen LogP contribution in [0.5, 0.6) is 0 Å². The Kier molecular flexibility index (Phi) is 3.94. The highest BCUT2D eigenvalue weighted by molar-refractivity contribution is 4.85. The fourth-order valence-electron chi connectivity index (χ4n) is 1.27. The van der Waals surface area contributed by atoms with Gasteiger partial charge in [0.05, 0.1) is 0 Å². The standard InChI is InChI=1S/C8H18N2O2/c1-10-5-3-2-4-6(9)7-8(11)12-7/h6-8,10-11H,2-5,9H2,1H3/t6-,7?,8?/m0/s1. The van der Waals surface area contributed by atoms with Crippen molar-refractivity contribution in [1.29, 1.82) is 0 Å². The van der Waals surface area contributed by atoms with E-state index in [-0.39, 0.29) is 12.1 Å². The van der Waals surface area contributed by atoms with Crippen molar-refractivity contribution < 1.29 is 9.84 Å². The molecule has 0 bridgehead atoms. The normalized spacial score (nSPS) is 30.2. The van der Waals surface area contributed by atoms with Crippen molar-refractivity contribution >= 4 is 0 Å². The Morgan fingerprint density at radius 2 is 2.25 bits per heavy atom. The number of unbranched alkanes of at least 4 members (excludes halogenated alkanes) is 1. The summed E-state index contributed by atoms with van der Waals surface area (Å²) in [7, 11) is 1.94. The maximum Gasteiger partial charge on any atom is 0.183 e. The SMILES string of the molecule is CNCCCC[C@H](N)C1OC1O. The van der Waals surface area contributed by atoms with Crippen molar-refractivity contribution in [3.63, 3.8) is 0 Å². The van der Waals surface area contributed by atoms with Gasteiger partial charge in [0.2, 0.25) is 0 Å². The lowest BCUT2D eigenvalue weighted by atomic mass is 10.1. The van der Waals surface area contributed by atoms with Gasteiger partial charge >= 0.3 is 0 Å². The number of hydrogen-bond donors (Lipinski definition) is 3. The van der Waals surface area contributed by atoms with Crippen LogP contribution in [0.15, 0.2) is 0 Å². The maximum atomic E-state index is 8.88. The Labute approximate surface area is 73.1 Å². The Balaban J connectivity index is 1.92. The molecule has 4 heteroatoms. The summed E-state index contributed by atoms with van der Waals surface area (Å²) in [5, 5.41) is 12.0. The van der Waals surface area contributed by atoms with E-state index in [0.29, 0.717) is 0 Å². The van der Waals surface area contributed by atoms with E-state index >= 15 is 0 Å². The molecule has 1 rings (SSSR count). The minimum Gasteiger partial charge on any atom is -0.366 e. The average molecular weight is 174 g/mol. The van der Waals surface area contributed by atoms with E-state index in [1.54, 1.807) is 0 Å². The van der Waals surface area contributed by atoms with Crippen molar-refractivity contribution in [3.05, 3.63) is 0 Å². The van der Waals surface area contributed by atoms with Crippen LogP contribution in [-0.2, 0) is 4.74 Å². The molecule has 1 heterocycles. The fraction of sp³-hybridized carbons (Fsp3) is 1.00. The first kappa shape index (κ1) is 9.92. The largest absolute Gasteiger partial charge is 0.366 e. The zero-order valence-electron chi connectivity index (χ0n) is 7.49. The Bertz CT molecular complexity index is 132. The molecule has 4 nitrogen and oxygen atoms in total. The van der Waals surface area contributed by atoms with E-state index in [9.17, 15) is 0 Å². The second-order valence-corrected chi connectivity index (χ2v) is 3.25. The third-order valence-electron chi connectivity index (χ3n) is 2.14. The number of rotatable bonds is 6.